The first-order chi connectivity index (χ1) is 11.4. The summed E-state index contributed by atoms with van der Waals surface area (Å²) in [6.45, 7) is 5.52. The molecular weight excluding hydrogens is 330 g/mol. The van der Waals surface area contributed by atoms with Gasteiger partial charge in [-0.25, -0.2) is 4.79 Å². The third kappa shape index (κ3) is 3.82. The molecule has 6 nitrogen and oxygen atoms in total. The number of morpholine rings is 1. The van der Waals surface area contributed by atoms with E-state index in [0.29, 0.717) is 31.1 Å². The fourth-order valence-corrected chi connectivity index (χ4v) is 3.41. The van der Waals surface area contributed by atoms with E-state index in [-0.39, 0.29) is 30.2 Å². The Bertz CT molecular complexity index is 612. The number of benzene rings is 1. The van der Waals surface area contributed by atoms with Crippen molar-refractivity contribution in [2.45, 2.75) is 38.5 Å². The number of halogens is 1. The number of ether oxygens (including phenoxy) is 1. The van der Waals surface area contributed by atoms with Gasteiger partial charge in [0.15, 0.2) is 0 Å². The van der Waals surface area contributed by atoms with Crippen molar-refractivity contribution in [1.82, 2.24) is 10.2 Å². The number of carbonyl (C=O) groups is 2. The van der Waals surface area contributed by atoms with Crippen LogP contribution in [0.5, 0.6) is 0 Å². The van der Waals surface area contributed by atoms with Gasteiger partial charge in [-0.05, 0) is 38.1 Å². The predicted molar refractivity (Wildman–Crippen MR) is 92.3 cm³/mol. The summed E-state index contributed by atoms with van der Waals surface area (Å²) in [5, 5.41) is 3.60. The summed E-state index contributed by atoms with van der Waals surface area (Å²) in [6, 6.07) is 6.83. The molecular formula is C17H22ClN3O3. The van der Waals surface area contributed by atoms with Crippen molar-refractivity contribution in [3.05, 3.63) is 29.3 Å². The molecule has 3 amide bonds. The number of hydrogen-bond donors (Lipinski definition) is 1. The molecule has 3 rings (SSSR count). The summed E-state index contributed by atoms with van der Waals surface area (Å²) < 4.78 is 5.64. The minimum Gasteiger partial charge on any atom is -0.372 e. The van der Waals surface area contributed by atoms with Crippen LogP contribution in [0.2, 0.25) is 5.02 Å². The summed E-state index contributed by atoms with van der Waals surface area (Å²) in [7, 11) is 0. The monoisotopic (exact) mass is 351 g/mol. The van der Waals surface area contributed by atoms with E-state index in [4.69, 9.17) is 16.3 Å². The van der Waals surface area contributed by atoms with Crippen LogP contribution in [0.15, 0.2) is 24.3 Å². The molecule has 0 unspecified atom stereocenters. The maximum Gasteiger partial charge on any atom is 0.317 e. The van der Waals surface area contributed by atoms with E-state index in [9.17, 15) is 9.59 Å². The molecule has 0 saturated carbocycles. The van der Waals surface area contributed by atoms with Gasteiger partial charge in [-0.2, -0.15) is 0 Å². The summed E-state index contributed by atoms with van der Waals surface area (Å²) in [5.41, 5.74) is 0.801. The topological polar surface area (TPSA) is 61.9 Å². The molecule has 2 aliphatic heterocycles. The fourth-order valence-electron chi connectivity index (χ4n) is 3.28. The first kappa shape index (κ1) is 17.0. The number of nitrogens with one attached hydrogen (secondary N) is 1. The van der Waals surface area contributed by atoms with Crippen LogP contribution in [-0.4, -0.2) is 54.7 Å². The third-order valence-corrected chi connectivity index (χ3v) is 4.55. The zero-order chi connectivity index (χ0) is 17.3. The SMILES string of the molecule is C[C@@H]1CN(C(=O)N[C@@H]2CC(=O)N(c3ccc(Cl)cc3)C2)C[C@@H](C)O1. The quantitative estimate of drug-likeness (QED) is 0.889. The van der Waals surface area contributed by atoms with Crippen LogP contribution in [0.25, 0.3) is 0 Å². The van der Waals surface area contributed by atoms with Crippen LogP contribution in [-0.2, 0) is 9.53 Å². The Morgan fingerprint density at radius 3 is 2.42 bits per heavy atom. The van der Waals surface area contributed by atoms with E-state index in [1.54, 1.807) is 21.9 Å². The lowest BCUT2D eigenvalue weighted by Crippen LogP contribution is -2.53. The summed E-state index contributed by atoms with van der Waals surface area (Å²) in [5.74, 6) is 0.00587. The summed E-state index contributed by atoms with van der Waals surface area (Å²) in [4.78, 5) is 28.1. The van der Waals surface area contributed by atoms with Gasteiger partial charge in [-0.1, -0.05) is 11.6 Å². The van der Waals surface area contributed by atoms with E-state index < -0.39 is 0 Å². The zero-order valence-electron chi connectivity index (χ0n) is 13.9. The van der Waals surface area contributed by atoms with Crippen molar-refractivity contribution >= 4 is 29.2 Å². The molecule has 0 aliphatic carbocycles. The van der Waals surface area contributed by atoms with Crippen molar-refractivity contribution in [3.63, 3.8) is 0 Å². The van der Waals surface area contributed by atoms with Crippen LogP contribution in [0.1, 0.15) is 20.3 Å². The Morgan fingerprint density at radius 1 is 1.17 bits per heavy atom. The number of rotatable bonds is 2. The standard InChI is InChI=1S/C17H22ClN3O3/c1-11-8-20(9-12(2)24-11)17(23)19-14-7-16(22)21(10-14)15-5-3-13(18)4-6-15/h3-6,11-12,14H,7-10H2,1-2H3,(H,19,23)/t11-,12-,14-/m1/s1. The zero-order valence-corrected chi connectivity index (χ0v) is 14.6. The van der Waals surface area contributed by atoms with Gasteiger partial charge >= 0.3 is 6.03 Å². The summed E-state index contributed by atoms with van der Waals surface area (Å²) >= 11 is 5.89. The number of urea groups is 1. The van der Waals surface area contributed by atoms with Gasteiger partial charge in [0.05, 0.1) is 18.2 Å². The smallest absolute Gasteiger partial charge is 0.317 e. The molecule has 0 spiro atoms. The molecule has 0 bridgehead atoms. The molecule has 1 aromatic rings. The van der Waals surface area contributed by atoms with E-state index in [1.165, 1.54) is 0 Å². The van der Waals surface area contributed by atoms with Crippen LogP contribution in [0.4, 0.5) is 10.5 Å². The van der Waals surface area contributed by atoms with Gasteiger partial charge in [-0.3, -0.25) is 4.79 Å². The van der Waals surface area contributed by atoms with Crippen LogP contribution in [0.3, 0.4) is 0 Å². The maximum atomic E-state index is 12.5. The van der Waals surface area contributed by atoms with Gasteiger partial charge in [0, 0.05) is 36.8 Å². The molecule has 7 heteroatoms. The summed E-state index contributed by atoms with van der Waals surface area (Å²) in [6.07, 6.45) is 0.356. The van der Waals surface area contributed by atoms with Gasteiger partial charge in [0.2, 0.25) is 5.91 Å². The van der Waals surface area contributed by atoms with E-state index in [2.05, 4.69) is 5.32 Å². The molecule has 1 N–H and O–H groups in total. The average molecular weight is 352 g/mol. The fraction of sp³-hybridized carbons (Fsp3) is 0.529. The van der Waals surface area contributed by atoms with Crippen LogP contribution in [0, 0.1) is 0 Å². The van der Waals surface area contributed by atoms with E-state index >= 15 is 0 Å². The molecule has 0 aromatic heterocycles. The highest BCUT2D eigenvalue weighted by Crippen LogP contribution is 2.23. The first-order valence-corrected chi connectivity index (χ1v) is 8.57. The molecule has 130 valence electrons. The lowest BCUT2D eigenvalue weighted by Gasteiger charge is -2.35. The Labute approximate surface area is 146 Å². The Kier molecular flexibility index (Phi) is 4.96. The lowest BCUT2D eigenvalue weighted by molar-refractivity contribution is -0.117. The second kappa shape index (κ2) is 6.99. The van der Waals surface area contributed by atoms with Gasteiger partial charge < -0.3 is 19.9 Å². The van der Waals surface area contributed by atoms with Crippen LogP contribution >= 0.6 is 11.6 Å². The minimum atomic E-state index is -0.186. The lowest BCUT2D eigenvalue weighted by atomic mass is 10.2. The molecule has 0 radical (unpaired) electrons. The van der Waals surface area contributed by atoms with Crippen LogP contribution < -0.4 is 10.2 Å². The molecule has 2 heterocycles. The second-order valence-corrected chi connectivity index (χ2v) is 6.93. The Morgan fingerprint density at radius 2 is 1.79 bits per heavy atom. The third-order valence-electron chi connectivity index (χ3n) is 4.30. The molecule has 2 fully saturated rings. The number of anilines is 1. The first-order valence-electron chi connectivity index (χ1n) is 8.19. The van der Waals surface area contributed by atoms with Gasteiger partial charge in [-0.15, -0.1) is 0 Å². The normalized spacial score (nSPS) is 27.5. The number of carbonyl (C=O) groups excluding carboxylic acids is 2. The number of hydrogen-bond acceptors (Lipinski definition) is 3. The van der Waals surface area contributed by atoms with Crippen molar-refractivity contribution < 1.29 is 14.3 Å². The molecule has 2 aliphatic rings. The Hall–Kier alpha value is -1.79. The van der Waals surface area contributed by atoms with Crippen molar-refractivity contribution in [3.8, 4) is 0 Å². The molecule has 1 aromatic carbocycles. The maximum absolute atomic E-state index is 12.5. The highest BCUT2D eigenvalue weighted by Gasteiger charge is 2.33. The average Bonchev–Trinajstić information content (AvgIpc) is 2.87. The largest absolute Gasteiger partial charge is 0.372 e. The number of amides is 3. The molecule has 2 saturated heterocycles. The molecule has 3 atom stereocenters. The van der Waals surface area contributed by atoms with Gasteiger partial charge in [0.25, 0.3) is 0 Å². The second-order valence-electron chi connectivity index (χ2n) is 6.49. The highest BCUT2D eigenvalue weighted by atomic mass is 35.5. The Balaban J connectivity index is 1.59. The van der Waals surface area contributed by atoms with E-state index in [1.807, 2.05) is 26.0 Å². The number of nitrogens with zero attached hydrogens (tertiary/aromatic N) is 2. The van der Waals surface area contributed by atoms with Crippen molar-refractivity contribution in [2.75, 3.05) is 24.5 Å². The predicted octanol–water partition coefficient (Wildman–Crippen LogP) is 2.26. The molecule has 24 heavy (non-hydrogen) atoms. The highest BCUT2D eigenvalue weighted by molar-refractivity contribution is 6.30. The van der Waals surface area contributed by atoms with Gasteiger partial charge in [0.1, 0.15) is 0 Å². The van der Waals surface area contributed by atoms with E-state index in [0.717, 1.165) is 5.69 Å². The van der Waals surface area contributed by atoms with Crippen molar-refractivity contribution in [2.24, 2.45) is 0 Å². The van der Waals surface area contributed by atoms with Crippen molar-refractivity contribution in [1.29, 1.82) is 0 Å². The minimum absolute atomic E-state index is 0.00587.